The predicted molar refractivity (Wildman–Crippen MR) is 59.0 cm³/mol. The first-order valence-corrected chi connectivity index (χ1v) is 5.11. The zero-order valence-corrected chi connectivity index (χ0v) is 9.03. The van der Waals surface area contributed by atoms with Crippen molar-refractivity contribution in [2.24, 2.45) is 0 Å². The molecule has 1 aliphatic rings. The van der Waals surface area contributed by atoms with Crippen LogP contribution in [0.15, 0.2) is 12.4 Å². The van der Waals surface area contributed by atoms with Crippen LogP contribution in [-0.2, 0) is 4.74 Å². The largest absolute Gasteiger partial charge is 0.381 e. The zero-order chi connectivity index (χ0) is 10.7. The van der Waals surface area contributed by atoms with Gasteiger partial charge in [0.15, 0.2) is 0 Å². The molecule has 1 aliphatic carbocycles. The number of aromatic nitrogens is 2. The molecule has 2 rings (SSSR count). The van der Waals surface area contributed by atoms with E-state index in [2.05, 4.69) is 20.6 Å². The number of ether oxygens (including phenoxy) is 1. The molecule has 2 N–H and O–H groups in total. The zero-order valence-electron chi connectivity index (χ0n) is 9.03. The minimum atomic E-state index is 0.406. The number of nitrogens with one attached hydrogen (secondary N) is 2. The number of methoxy groups -OCH3 is 1. The van der Waals surface area contributed by atoms with E-state index in [0.29, 0.717) is 12.1 Å². The smallest absolute Gasteiger partial charge is 0.147 e. The van der Waals surface area contributed by atoms with Gasteiger partial charge in [-0.1, -0.05) is 0 Å². The van der Waals surface area contributed by atoms with E-state index in [1.165, 1.54) is 0 Å². The lowest BCUT2D eigenvalue weighted by molar-refractivity contribution is 0.0328. The third kappa shape index (κ3) is 2.36. The SMILES string of the molecule is CNc1cncc(NC2CC(OC)C2)n1. The Bertz CT molecular complexity index is 325. The highest BCUT2D eigenvalue weighted by atomic mass is 16.5. The first-order valence-electron chi connectivity index (χ1n) is 5.11. The maximum absolute atomic E-state index is 5.21. The second-order valence-corrected chi connectivity index (χ2v) is 3.71. The molecule has 1 aromatic heterocycles. The Morgan fingerprint density at radius 3 is 2.73 bits per heavy atom. The molecular weight excluding hydrogens is 192 g/mol. The van der Waals surface area contributed by atoms with Crippen molar-refractivity contribution in [3.8, 4) is 0 Å². The Morgan fingerprint density at radius 2 is 2.07 bits per heavy atom. The standard InChI is InChI=1S/C10H16N4O/c1-11-9-5-12-6-10(14-9)13-7-3-8(4-7)15-2/h5-8H,3-4H2,1-2H3,(H2,11,13,14). The molecule has 0 atom stereocenters. The van der Waals surface area contributed by atoms with Crippen molar-refractivity contribution >= 4 is 11.6 Å². The van der Waals surface area contributed by atoms with E-state index >= 15 is 0 Å². The second-order valence-electron chi connectivity index (χ2n) is 3.71. The van der Waals surface area contributed by atoms with Crippen LogP contribution in [0.25, 0.3) is 0 Å². The monoisotopic (exact) mass is 208 g/mol. The van der Waals surface area contributed by atoms with E-state index in [9.17, 15) is 0 Å². The van der Waals surface area contributed by atoms with Gasteiger partial charge >= 0.3 is 0 Å². The molecule has 1 fully saturated rings. The fourth-order valence-corrected chi connectivity index (χ4v) is 1.64. The first kappa shape index (κ1) is 10.2. The Labute approximate surface area is 89.3 Å². The van der Waals surface area contributed by atoms with Crippen LogP contribution >= 0.6 is 0 Å². The van der Waals surface area contributed by atoms with Crippen LogP contribution in [0.3, 0.4) is 0 Å². The van der Waals surface area contributed by atoms with E-state index in [4.69, 9.17) is 4.74 Å². The van der Waals surface area contributed by atoms with Gasteiger partial charge in [0.1, 0.15) is 11.6 Å². The van der Waals surface area contributed by atoms with E-state index < -0.39 is 0 Å². The van der Waals surface area contributed by atoms with Crippen molar-refractivity contribution in [2.45, 2.75) is 25.0 Å². The van der Waals surface area contributed by atoms with E-state index in [1.54, 1.807) is 19.5 Å². The normalized spacial score (nSPS) is 24.4. The maximum atomic E-state index is 5.21. The highest BCUT2D eigenvalue weighted by molar-refractivity contribution is 5.42. The van der Waals surface area contributed by atoms with Crippen LogP contribution in [0.2, 0.25) is 0 Å². The van der Waals surface area contributed by atoms with Gasteiger partial charge < -0.3 is 15.4 Å². The van der Waals surface area contributed by atoms with Crippen molar-refractivity contribution in [3.63, 3.8) is 0 Å². The lowest BCUT2D eigenvalue weighted by atomic mass is 9.89. The second kappa shape index (κ2) is 4.44. The van der Waals surface area contributed by atoms with Gasteiger partial charge in [-0.3, -0.25) is 4.98 Å². The average molecular weight is 208 g/mol. The maximum Gasteiger partial charge on any atom is 0.147 e. The highest BCUT2D eigenvalue weighted by Gasteiger charge is 2.28. The number of hydrogen-bond donors (Lipinski definition) is 2. The van der Waals surface area contributed by atoms with Crippen LogP contribution in [0.5, 0.6) is 0 Å². The molecule has 1 saturated carbocycles. The van der Waals surface area contributed by atoms with Crippen LogP contribution < -0.4 is 10.6 Å². The summed E-state index contributed by atoms with van der Waals surface area (Å²) in [6.07, 6.45) is 5.93. The Morgan fingerprint density at radius 1 is 1.33 bits per heavy atom. The van der Waals surface area contributed by atoms with E-state index in [1.807, 2.05) is 7.05 Å². The predicted octanol–water partition coefficient (Wildman–Crippen LogP) is 1.11. The summed E-state index contributed by atoms with van der Waals surface area (Å²) in [5.41, 5.74) is 0. The van der Waals surface area contributed by atoms with Crippen LogP contribution in [0.4, 0.5) is 11.6 Å². The topological polar surface area (TPSA) is 59.1 Å². The number of hydrogen-bond acceptors (Lipinski definition) is 5. The van der Waals surface area contributed by atoms with Gasteiger partial charge in [-0.05, 0) is 12.8 Å². The summed E-state index contributed by atoms with van der Waals surface area (Å²) in [5, 5.41) is 6.28. The Hall–Kier alpha value is -1.36. The molecule has 0 bridgehead atoms. The minimum absolute atomic E-state index is 0.406. The third-order valence-corrected chi connectivity index (χ3v) is 2.67. The van der Waals surface area contributed by atoms with Crippen molar-refractivity contribution in [3.05, 3.63) is 12.4 Å². The molecule has 0 aromatic carbocycles. The van der Waals surface area contributed by atoms with Crippen molar-refractivity contribution in [2.75, 3.05) is 24.8 Å². The minimum Gasteiger partial charge on any atom is -0.381 e. The van der Waals surface area contributed by atoms with Gasteiger partial charge in [0.2, 0.25) is 0 Å². The van der Waals surface area contributed by atoms with Gasteiger partial charge in [-0.15, -0.1) is 0 Å². The van der Waals surface area contributed by atoms with Crippen LogP contribution in [0.1, 0.15) is 12.8 Å². The van der Waals surface area contributed by atoms with Gasteiger partial charge in [-0.25, -0.2) is 4.98 Å². The number of nitrogens with zero attached hydrogens (tertiary/aromatic N) is 2. The summed E-state index contributed by atoms with van der Waals surface area (Å²) in [6.45, 7) is 0. The van der Waals surface area contributed by atoms with Crippen LogP contribution in [-0.4, -0.2) is 36.3 Å². The molecule has 1 aromatic rings. The summed E-state index contributed by atoms with van der Waals surface area (Å²) in [4.78, 5) is 8.43. The third-order valence-electron chi connectivity index (χ3n) is 2.67. The van der Waals surface area contributed by atoms with Crippen molar-refractivity contribution < 1.29 is 4.74 Å². The van der Waals surface area contributed by atoms with E-state index in [0.717, 1.165) is 24.5 Å². The van der Waals surface area contributed by atoms with Gasteiger partial charge in [-0.2, -0.15) is 0 Å². The number of rotatable bonds is 4. The van der Waals surface area contributed by atoms with E-state index in [-0.39, 0.29) is 0 Å². The molecule has 0 unspecified atom stereocenters. The van der Waals surface area contributed by atoms with Gasteiger partial charge in [0.25, 0.3) is 0 Å². The van der Waals surface area contributed by atoms with Gasteiger partial charge in [0, 0.05) is 20.2 Å². The summed E-state index contributed by atoms with van der Waals surface area (Å²) in [5.74, 6) is 1.60. The lowest BCUT2D eigenvalue weighted by Crippen LogP contribution is -2.40. The molecular formula is C10H16N4O. The first-order chi connectivity index (χ1) is 7.31. The molecule has 5 nitrogen and oxygen atoms in total. The summed E-state index contributed by atoms with van der Waals surface area (Å²) in [7, 11) is 3.58. The quantitative estimate of drug-likeness (QED) is 0.776. The summed E-state index contributed by atoms with van der Waals surface area (Å²) in [6, 6.07) is 0.469. The fraction of sp³-hybridized carbons (Fsp3) is 0.600. The Kier molecular flexibility index (Phi) is 3.01. The molecule has 1 heterocycles. The lowest BCUT2D eigenvalue weighted by Gasteiger charge is -2.34. The van der Waals surface area contributed by atoms with Crippen molar-refractivity contribution in [1.29, 1.82) is 0 Å². The fourth-order valence-electron chi connectivity index (χ4n) is 1.64. The molecule has 82 valence electrons. The average Bonchev–Trinajstić information content (AvgIpc) is 2.23. The Balaban J connectivity index is 1.88. The molecule has 0 radical (unpaired) electrons. The molecule has 0 amide bonds. The van der Waals surface area contributed by atoms with Crippen LogP contribution in [0, 0.1) is 0 Å². The highest BCUT2D eigenvalue weighted by Crippen LogP contribution is 2.25. The summed E-state index contributed by atoms with van der Waals surface area (Å²) >= 11 is 0. The molecule has 5 heteroatoms. The molecule has 15 heavy (non-hydrogen) atoms. The molecule has 0 spiro atoms. The number of anilines is 2. The summed E-state index contributed by atoms with van der Waals surface area (Å²) < 4.78 is 5.21. The van der Waals surface area contributed by atoms with Crippen molar-refractivity contribution in [1.82, 2.24) is 9.97 Å². The molecule has 0 saturated heterocycles. The molecule has 0 aliphatic heterocycles. The van der Waals surface area contributed by atoms with Gasteiger partial charge in [0.05, 0.1) is 18.5 Å².